The second-order valence-corrected chi connectivity index (χ2v) is 8.43. The Morgan fingerprint density at radius 3 is 2.70 bits per heavy atom. The minimum Gasteiger partial charge on any atom is -0.313 e. The van der Waals surface area contributed by atoms with Crippen LogP contribution in [0.3, 0.4) is 0 Å². The van der Waals surface area contributed by atoms with E-state index in [0.29, 0.717) is 6.04 Å². The van der Waals surface area contributed by atoms with Crippen LogP contribution in [0, 0.1) is 5.41 Å². The Hall–Kier alpha value is -0.580. The van der Waals surface area contributed by atoms with Gasteiger partial charge in [0.25, 0.3) is 0 Å². The molecule has 2 nitrogen and oxygen atoms in total. The highest BCUT2D eigenvalue weighted by Gasteiger charge is 2.24. The van der Waals surface area contributed by atoms with Crippen molar-refractivity contribution in [2.45, 2.75) is 44.5 Å². The Balaban J connectivity index is 2.01. The van der Waals surface area contributed by atoms with Crippen molar-refractivity contribution in [1.82, 2.24) is 10.3 Å². The molecule has 4 heteroatoms. The topological polar surface area (TPSA) is 24.9 Å². The second kappa shape index (κ2) is 6.92. The summed E-state index contributed by atoms with van der Waals surface area (Å²) in [5.74, 6) is 1.07. The average molecular weight is 309 g/mol. The zero-order valence-corrected chi connectivity index (χ0v) is 14.4. The van der Waals surface area contributed by atoms with Crippen LogP contribution in [0.4, 0.5) is 0 Å². The van der Waals surface area contributed by atoms with Gasteiger partial charge in [-0.05, 0) is 30.5 Å². The van der Waals surface area contributed by atoms with E-state index < -0.39 is 0 Å². The largest absolute Gasteiger partial charge is 0.313 e. The van der Waals surface area contributed by atoms with Gasteiger partial charge in [0.1, 0.15) is 0 Å². The summed E-state index contributed by atoms with van der Waals surface area (Å²) in [6.45, 7) is 10.2. The third-order valence-electron chi connectivity index (χ3n) is 3.33. The van der Waals surface area contributed by atoms with Gasteiger partial charge in [-0.1, -0.05) is 51.6 Å². The summed E-state index contributed by atoms with van der Waals surface area (Å²) < 4.78 is 2.46. The van der Waals surface area contributed by atoms with Gasteiger partial charge in [-0.15, -0.1) is 11.3 Å². The number of nitrogens with one attached hydrogen (secondary N) is 1. The van der Waals surface area contributed by atoms with Gasteiger partial charge < -0.3 is 5.32 Å². The Morgan fingerprint density at radius 2 is 2.05 bits per heavy atom. The molecule has 2 aromatic rings. The first-order valence-corrected chi connectivity index (χ1v) is 9.02. The van der Waals surface area contributed by atoms with E-state index in [1.807, 2.05) is 11.8 Å². The summed E-state index contributed by atoms with van der Waals surface area (Å²) in [5, 5.41) is 3.67. The number of thioether (sulfide) groups is 1. The minimum atomic E-state index is 0.277. The van der Waals surface area contributed by atoms with E-state index in [9.17, 15) is 0 Å². The number of hydrogen-bond acceptors (Lipinski definition) is 4. The first kappa shape index (κ1) is 15.8. The molecule has 0 aliphatic rings. The standard InChI is InChI=1S/C16H24N2S2/c1-5-10-17-14(16(2,3)4)11-19-15-18-12-8-6-7-9-13(12)20-15/h6-9,14,17H,5,10-11H2,1-4H3. The fourth-order valence-electron chi connectivity index (χ4n) is 2.00. The molecule has 0 fully saturated rings. The van der Waals surface area contributed by atoms with Crippen LogP contribution in [0.15, 0.2) is 28.6 Å². The third-order valence-corrected chi connectivity index (χ3v) is 5.61. The number of fused-ring (bicyclic) bond motifs is 1. The summed E-state index contributed by atoms with van der Waals surface area (Å²) >= 11 is 3.67. The predicted molar refractivity (Wildman–Crippen MR) is 91.9 cm³/mol. The van der Waals surface area contributed by atoms with E-state index in [1.54, 1.807) is 11.3 Å². The van der Waals surface area contributed by atoms with E-state index in [2.05, 4.69) is 57.3 Å². The number of benzene rings is 1. The monoisotopic (exact) mass is 308 g/mol. The second-order valence-electron chi connectivity index (χ2n) is 6.13. The maximum Gasteiger partial charge on any atom is 0.151 e. The molecule has 1 heterocycles. The van der Waals surface area contributed by atoms with Crippen molar-refractivity contribution in [3.8, 4) is 0 Å². The molecule has 0 saturated heterocycles. The quantitative estimate of drug-likeness (QED) is 0.776. The van der Waals surface area contributed by atoms with E-state index >= 15 is 0 Å². The predicted octanol–water partition coefficient (Wildman–Crippen LogP) is 4.80. The molecular weight excluding hydrogens is 284 g/mol. The van der Waals surface area contributed by atoms with E-state index in [1.165, 1.54) is 15.5 Å². The molecule has 1 aromatic carbocycles. The highest BCUT2D eigenvalue weighted by atomic mass is 32.2. The number of aromatic nitrogens is 1. The molecule has 1 N–H and O–H groups in total. The minimum absolute atomic E-state index is 0.277. The maximum absolute atomic E-state index is 4.70. The lowest BCUT2D eigenvalue weighted by molar-refractivity contribution is 0.292. The van der Waals surface area contributed by atoms with Crippen molar-refractivity contribution >= 4 is 33.3 Å². The summed E-state index contributed by atoms with van der Waals surface area (Å²) in [6.07, 6.45) is 1.18. The van der Waals surface area contributed by atoms with Gasteiger partial charge in [0, 0.05) is 11.8 Å². The number of thiazole rings is 1. The lowest BCUT2D eigenvalue weighted by Gasteiger charge is -2.31. The van der Waals surface area contributed by atoms with Crippen molar-refractivity contribution in [1.29, 1.82) is 0 Å². The Morgan fingerprint density at radius 1 is 1.30 bits per heavy atom. The molecule has 2 rings (SSSR count). The first-order chi connectivity index (χ1) is 9.50. The van der Waals surface area contributed by atoms with Gasteiger partial charge >= 0.3 is 0 Å². The molecule has 0 aliphatic heterocycles. The molecule has 110 valence electrons. The molecule has 20 heavy (non-hydrogen) atoms. The molecule has 1 unspecified atom stereocenters. The van der Waals surface area contributed by atoms with Crippen LogP contribution in [0.5, 0.6) is 0 Å². The normalized spacial score (nSPS) is 13.8. The molecule has 1 aromatic heterocycles. The van der Waals surface area contributed by atoms with E-state index in [-0.39, 0.29) is 5.41 Å². The SMILES string of the molecule is CCCNC(CSc1nc2ccccc2s1)C(C)(C)C. The zero-order chi connectivity index (χ0) is 14.6. The molecule has 0 spiro atoms. The average Bonchev–Trinajstić information content (AvgIpc) is 2.79. The van der Waals surface area contributed by atoms with Gasteiger partial charge in [-0.2, -0.15) is 0 Å². The van der Waals surface area contributed by atoms with Crippen LogP contribution in [-0.4, -0.2) is 23.3 Å². The van der Waals surface area contributed by atoms with E-state index in [0.717, 1.165) is 17.8 Å². The summed E-state index contributed by atoms with van der Waals surface area (Å²) in [4.78, 5) is 4.70. The number of rotatable bonds is 6. The zero-order valence-electron chi connectivity index (χ0n) is 12.8. The molecule has 0 radical (unpaired) electrons. The van der Waals surface area contributed by atoms with Gasteiger partial charge in [-0.3, -0.25) is 0 Å². The van der Waals surface area contributed by atoms with Crippen LogP contribution in [0.25, 0.3) is 10.2 Å². The molecule has 1 atom stereocenters. The number of para-hydroxylation sites is 1. The van der Waals surface area contributed by atoms with Gasteiger partial charge in [0.05, 0.1) is 10.2 Å². The smallest absolute Gasteiger partial charge is 0.151 e. The lowest BCUT2D eigenvalue weighted by atomic mass is 9.88. The van der Waals surface area contributed by atoms with Crippen LogP contribution >= 0.6 is 23.1 Å². The summed E-state index contributed by atoms with van der Waals surface area (Å²) in [6, 6.07) is 8.88. The molecular formula is C16H24N2S2. The fraction of sp³-hybridized carbons (Fsp3) is 0.562. The summed E-state index contributed by atoms with van der Waals surface area (Å²) in [5.41, 5.74) is 1.40. The molecule has 0 saturated carbocycles. The Kier molecular flexibility index (Phi) is 5.47. The Bertz CT molecular complexity index is 510. The third kappa shape index (κ3) is 4.21. The van der Waals surface area contributed by atoms with Crippen molar-refractivity contribution in [2.24, 2.45) is 5.41 Å². The summed E-state index contributed by atoms with van der Waals surface area (Å²) in [7, 11) is 0. The maximum atomic E-state index is 4.70. The van der Waals surface area contributed by atoms with Crippen LogP contribution in [-0.2, 0) is 0 Å². The van der Waals surface area contributed by atoms with Crippen LogP contribution in [0.1, 0.15) is 34.1 Å². The highest BCUT2D eigenvalue weighted by molar-refractivity contribution is 8.01. The van der Waals surface area contributed by atoms with Gasteiger partial charge in [0.15, 0.2) is 4.34 Å². The van der Waals surface area contributed by atoms with Crippen LogP contribution < -0.4 is 5.32 Å². The molecule has 0 bridgehead atoms. The van der Waals surface area contributed by atoms with Gasteiger partial charge in [-0.25, -0.2) is 4.98 Å². The van der Waals surface area contributed by atoms with Crippen molar-refractivity contribution in [2.75, 3.05) is 12.3 Å². The van der Waals surface area contributed by atoms with Gasteiger partial charge in [0.2, 0.25) is 0 Å². The van der Waals surface area contributed by atoms with Crippen molar-refractivity contribution < 1.29 is 0 Å². The number of nitrogens with zero attached hydrogens (tertiary/aromatic N) is 1. The fourth-order valence-corrected chi connectivity index (χ4v) is 4.50. The van der Waals surface area contributed by atoms with E-state index in [4.69, 9.17) is 4.98 Å². The number of hydrogen-bond donors (Lipinski definition) is 1. The molecule has 0 amide bonds. The van der Waals surface area contributed by atoms with Crippen LogP contribution in [0.2, 0.25) is 0 Å². The lowest BCUT2D eigenvalue weighted by Crippen LogP contribution is -2.42. The highest BCUT2D eigenvalue weighted by Crippen LogP contribution is 2.32. The van der Waals surface area contributed by atoms with Crippen molar-refractivity contribution in [3.05, 3.63) is 24.3 Å². The Labute approximate surface area is 130 Å². The first-order valence-electron chi connectivity index (χ1n) is 7.22. The molecule has 0 aliphatic carbocycles. The van der Waals surface area contributed by atoms with Crippen molar-refractivity contribution in [3.63, 3.8) is 0 Å².